The number of benzene rings is 2. The summed E-state index contributed by atoms with van der Waals surface area (Å²) in [6, 6.07) is 10.4. The van der Waals surface area contributed by atoms with Crippen molar-refractivity contribution in [3.63, 3.8) is 0 Å². The third kappa shape index (κ3) is 3.37. The number of carbonyl (C=O) groups is 1. The highest BCUT2D eigenvalue weighted by Crippen LogP contribution is 2.26. The van der Waals surface area contributed by atoms with Gasteiger partial charge in [-0.25, -0.2) is 0 Å². The molecule has 0 saturated heterocycles. The van der Waals surface area contributed by atoms with E-state index in [1.165, 1.54) is 12.1 Å². The van der Waals surface area contributed by atoms with Crippen molar-refractivity contribution in [2.24, 2.45) is 0 Å². The molecule has 0 aliphatic carbocycles. The summed E-state index contributed by atoms with van der Waals surface area (Å²) in [7, 11) is 0. The molecule has 0 aliphatic rings. The molecule has 0 saturated carbocycles. The van der Waals surface area contributed by atoms with Crippen molar-refractivity contribution in [1.29, 1.82) is 0 Å². The maximum absolute atomic E-state index is 12.4. The summed E-state index contributed by atoms with van der Waals surface area (Å²) in [5.41, 5.74) is 3.15. The van der Waals surface area contributed by atoms with Crippen molar-refractivity contribution in [2.45, 2.75) is 26.7 Å². The van der Waals surface area contributed by atoms with Crippen LogP contribution in [0.2, 0.25) is 5.02 Å². The molecule has 0 atom stereocenters. The Morgan fingerprint density at radius 2 is 1.76 bits per heavy atom. The fraction of sp³-hybridized carbons (Fsp3) is 0.235. The molecule has 0 aliphatic heterocycles. The Kier molecular flexibility index (Phi) is 4.86. The smallest absolute Gasteiger partial charge is 0.259 e. The largest absolute Gasteiger partial charge is 0.507 e. The molecule has 21 heavy (non-hydrogen) atoms. The van der Waals surface area contributed by atoms with Crippen LogP contribution in [0.1, 0.15) is 35.3 Å². The number of hydrogen-bond donors (Lipinski definition) is 2. The number of anilines is 1. The summed E-state index contributed by atoms with van der Waals surface area (Å²) in [6.45, 7) is 4.09. The minimum atomic E-state index is -0.356. The quantitative estimate of drug-likeness (QED) is 0.878. The van der Waals surface area contributed by atoms with E-state index in [1.807, 2.05) is 32.0 Å². The van der Waals surface area contributed by atoms with Crippen LogP contribution in [-0.4, -0.2) is 11.0 Å². The third-order valence-corrected chi connectivity index (χ3v) is 3.68. The molecule has 1 amide bonds. The van der Waals surface area contributed by atoms with E-state index in [0.717, 1.165) is 29.7 Å². The second kappa shape index (κ2) is 6.64. The molecule has 2 aromatic rings. The van der Waals surface area contributed by atoms with E-state index < -0.39 is 0 Å². The van der Waals surface area contributed by atoms with E-state index in [-0.39, 0.29) is 17.2 Å². The van der Waals surface area contributed by atoms with Gasteiger partial charge in [0.2, 0.25) is 0 Å². The number of rotatable bonds is 4. The standard InChI is InChI=1S/C17H18ClNO2/c1-3-11-6-5-7-12(4-2)16(11)19-17(21)14-10-13(18)8-9-15(14)20/h5-10,20H,3-4H2,1-2H3,(H,19,21). The van der Waals surface area contributed by atoms with E-state index in [0.29, 0.717) is 5.02 Å². The van der Waals surface area contributed by atoms with Gasteiger partial charge in [0.15, 0.2) is 0 Å². The molecular formula is C17H18ClNO2. The number of nitrogens with one attached hydrogen (secondary N) is 1. The first-order valence-corrected chi connectivity index (χ1v) is 7.35. The minimum Gasteiger partial charge on any atom is -0.507 e. The van der Waals surface area contributed by atoms with E-state index in [2.05, 4.69) is 5.32 Å². The van der Waals surface area contributed by atoms with E-state index in [4.69, 9.17) is 11.6 Å². The Labute approximate surface area is 129 Å². The molecule has 0 heterocycles. The van der Waals surface area contributed by atoms with E-state index in [1.54, 1.807) is 6.07 Å². The number of aromatic hydroxyl groups is 1. The number of carbonyl (C=O) groups excluding carboxylic acids is 1. The number of amides is 1. The Morgan fingerprint density at radius 3 is 2.33 bits per heavy atom. The number of phenolic OH excluding ortho intramolecular Hbond substituents is 1. The molecule has 0 spiro atoms. The summed E-state index contributed by atoms with van der Waals surface area (Å²) >= 11 is 5.89. The van der Waals surface area contributed by atoms with Gasteiger partial charge in [-0.15, -0.1) is 0 Å². The van der Waals surface area contributed by atoms with Crippen molar-refractivity contribution in [3.05, 3.63) is 58.1 Å². The summed E-state index contributed by atoms with van der Waals surface area (Å²) in [6.07, 6.45) is 1.65. The third-order valence-electron chi connectivity index (χ3n) is 3.44. The normalized spacial score (nSPS) is 10.4. The number of phenols is 1. The zero-order chi connectivity index (χ0) is 15.4. The first-order valence-electron chi connectivity index (χ1n) is 6.97. The zero-order valence-electron chi connectivity index (χ0n) is 12.1. The van der Waals surface area contributed by atoms with Crippen molar-refractivity contribution >= 4 is 23.2 Å². The lowest BCUT2D eigenvalue weighted by atomic mass is 10.0. The molecule has 0 unspecified atom stereocenters. The van der Waals surface area contributed by atoms with Crippen LogP contribution < -0.4 is 5.32 Å². The first-order chi connectivity index (χ1) is 10.1. The Balaban J connectivity index is 2.38. The number of para-hydroxylation sites is 1. The number of hydrogen-bond acceptors (Lipinski definition) is 2. The van der Waals surface area contributed by atoms with Gasteiger partial charge in [-0.2, -0.15) is 0 Å². The average molecular weight is 304 g/mol. The fourth-order valence-electron chi connectivity index (χ4n) is 2.27. The molecule has 0 fully saturated rings. The monoisotopic (exact) mass is 303 g/mol. The predicted molar refractivity (Wildman–Crippen MR) is 86.3 cm³/mol. The van der Waals surface area contributed by atoms with Crippen molar-refractivity contribution in [1.82, 2.24) is 0 Å². The number of halogens is 1. The molecule has 4 heteroatoms. The topological polar surface area (TPSA) is 49.3 Å². The van der Waals surface area contributed by atoms with Gasteiger partial charge in [0, 0.05) is 10.7 Å². The van der Waals surface area contributed by atoms with E-state index in [9.17, 15) is 9.90 Å². The van der Waals surface area contributed by atoms with Crippen LogP contribution >= 0.6 is 11.6 Å². The van der Waals surface area contributed by atoms with Crippen LogP contribution in [-0.2, 0) is 12.8 Å². The molecular weight excluding hydrogens is 286 g/mol. The van der Waals surface area contributed by atoms with Gasteiger partial charge in [-0.1, -0.05) is 43.6 Å². The predicted octanol–water partition coefficient (Wildman–Crippen LogP) is 4.42. The SMILES string of the molecule is CCc1cccc(CC)c1NC(=O)c1cc(Cl)ccc1O. The second-order valence-corrected chi connectivity index (χ2v) is 5.21. The average Bonchev–Trinajstić information content (AvgIpc) is 2.49. The van der Waals surface area contributed by atoms with Crippen LogP contribution in [0.3, 0.4) is 0 Å². The minimum absolute atomic E-state index is 0.0797. The van der Waals surface area contributed by atoms with Gasteiger partial charge in [0.05, 0.1) is 5.56 Å². The first kappa shape index (κ1) is 15.4. The van der Waals surface area contributed by atoms with Gasteiger partial charge in [0.1, 0.15) is 5.75 Å². The van der Waals surface area contributed by atoms with Crippen molar-refractivity contribution in [2.75, 3.05) is 5.32 Å². The summed E-state index contributed by atoms with van der Waals surface area (Å²) in [5.74, 6) is -0.436. The maximum atomic E-state index is 12.4. The molecule has 2 rings (SSSR count). The Morgan fingerprint density at radius 1 is 1.14 bits per heavy atom. The van der Waals surface area contributed by atoms with Crippen LogP contribution in [0.4, 0.5) is 5.69 Å². The van der Waals surface area contributed by atoms with Crippen LogP contribution in [0.15, 0.2) is 36.4 Å². The summed E-state index contributed by atoms with van der Waals surface area (Å²) in [4.78, 5) is 12.4. The second-order valence-electron chi connectivity index (χ2n) is 4.77. The van der Waals surface area contributed by atoms with Gasteiger partial charge < -0.3 is 10.4 Å². The number of aryl methyl sites for hydroxylation is 2. The summed E-state index contributed by atoms with van der Waals surface area (Å²) < 4.78 is 0. The van der Waals surface area contributed by atoms with Gasteiger partial charge >= 0.3 is 0 Å². The molecule has 0 bridgehead atoms. The molecule has 110 valence electrons. The lowest BCUT2D eigenvalue weighted by Gasteiger charge is -2.15. The molecule has 0 aromatic heterocycles. The summed E-state index contributed by atoms with van der Waals surface area (Å²) in [5, 5.41) is 13.1. The highest BCUT2D eigenvalue weighted by atomic mass is 35.5. The highest BCUT2D eigenvalue weighted by Gasteiger charge is 2.15. The van der Waals surface area contributed by atoms with Gasteiger partial charge in [-0.05, 0) is 42.2 Å². The van der Waals surface area contributed by atoms with Gasteiger partial charge in [0.25, 0.3) is 5.91 Å². The molecule has 2 aromatic carbocycles. The van der Waals surface area contributed by atoms with Gasteiger partial charge in [-0.3, -0.25) is 4.79 Å². The lowest BCUT2D eigenvalue weighted by molar-refractivity contribution is 0.102. The van der Waals surface area contributed by atoms with Crippen LogP contribution in [0.5, 0.6) is 5.75 Å². The molecule has 2 N–H and O–H groups in total. The zero-order valence-corrected chi connectivity index (χ0v) is 12.9. The lowest BCUT2D eigenvalue weighted by Crippen LogP contribution is -2.15. The fourth-order valence-corrected chi connectivity index (χ4v) is 2.45. The van der Waals surface area contributed by atoms with Crippen molar-refractivity contribution < 1.29 is 9.90 Å². The van der Waals surface area contributed by atoms with Crippen LogP contribution in [0.25, 0.3) is 0 Å². The van der Waals surface area contributed by atoms with Crippen LogP contribution in [0, 0.1) is 0 Å². The Bertz CT molecular complexity index is 646. The molecule has 0 radical (unpaired) electrons. The van der Waals surface area contributed by atoms with E-state index >= 15 is 0 Å². The maximum Gasteiger partial charge on any atom is 0.259 e. The Hall–Kier alpha value is -2.00. The molecule has 3 nitrogen and oxygen atoms in total. The van der Waals surface area contributed by atoms with Crippen molar-refractivity contribution in [3.8, 4) is 5.75 Å². The highest BCUT2D eigenvalue weighted by molar-refractivity contribution is 6.31.